The number of pyridine rings is 1. The lowest BCUT2D eigenvalue weighted by molar-refractivity contribution is -0.142. The first-order valence-corrected chi connectivity index (χ1v) is 8.30. The zero-order chi connectivity index (χ0) is 18.1. The molecule has 2 heterocycles. The van der Waals surface area contributed by atoms with Crippen molar-refractivity contribution in [2.45, 2.75) is 39.3 Å². The Kier molecular flexibility index (Phi) is 4.72. The van der Waals surface area contributed by atoms with Gasteiger partial charge in [0.15, 0.2) is 11.5 Å². The SMILES string of the molecule is COC(=O)C1CC(Oc2c(C)nc3ccc(C)cc3c2C(C)=O)CN1. The van der Waals surface area contributed by atoms with Crippen LogP contribution in [0.3, 0.4) is 0 Å². The van der Waals surface area contributed by atoms with Gasteiger partial charge >= 0.3 is 5.97 Å². The lowest BCUT2D eigenvalue weighted by atomic mass is 10.0. The number of Topliss-reactive ketones (excluding diaryl/α,β-unsaturated/α-hetero) is 1. The molecule has 0 bridgehead atoms. The molecule has 1 aromatic heterocycles. The maximum atomic E-state index is 12.3. The standard InChI is InChI=1S/C19H22N2O4/c1-10-5-6-15-14(7-10)17(12(3)22)18(11(2)21-15)25-13-8-16(20-9-13)19(23)24-4/h5-7,13,16,20H,8-9H2,1-4H3. The normalized spacial score (nSPS) is 19.8. The summed E-state index contributed by atoms with van der Waals surface area (Å²) in [7, 11) is 1.37. The van der Waals surface area contributed by atoms with E-state index < -0.39 is 0 Å². The molecule has 0 spiro atoms. The van der Waals surface area contributed by atoms with Crippen molar-refractivity contribution in [3.05, 3.63) is 35.0 Å². The number of nitrogens with one attached hydrogen (secondary N) is 1. The van der Waals surface area contributed by atoms with E-state index in [-0.39, 0.29) is 23.9 Å². The summed E-state index contributed by atoms with van der Waals surface area (Å²) in [6.45, 7) is 5.86. The van der Waals surface area contributed by atoms with E-state index in [1.807, 2.05) is 32.0 Å². The summed E-state index contributed by atoms with van der Waals surface area (Å²) in [5.41, 5.74) is 3.05. The predicted molar refractivity (Wildman–Crippen MR) is 94.1 cm³/mol. The maximum absolute atomic E-state index is 12.3. The molecule has 0 saturated carbocycles. The number of carbonyl (C=O) groups is 2. The van der Waals surface area contributed by atoms with Gasteiger partial charge in [-0.05, 0) is 32.9 Å². The second-order valence-corrected chi connectivity index (χ2v) is 6.44. The van der Waals surface area contributed by atoms with Gasteiger partial charge in [-0.2, -0.15) is 0 Å². The Morgan fingerprint density at radius 1 is 1.28 bits per heavy atom. The number of methoxy groups -OCH3 is 1. The molecule has 132 valence electrons. The van der Waals surface area contributed by atoms with Gasteiger partial charge in [-0.15, -0.1) is 0 Å². The van der Waals surface area contributed by atoms with Gasteiger partial charge in [-0.25, -0.2) is 4.98 Å². The maximum Gasteiger partial charge on any atom is 0.323 e. The molecule has 3 rings (SSSR count). The van der Waals surface area contributed by atoms with Gasteiger partial charge in [0.1, 0.15) is 12.1 Å². The van der Waals surface area contributed by atoms with Crippen LogP contribution in [0, 0.1) is 13.8 Å². The molecule has 0 amide bonds. The van der Waals surface area contributed by atoms with Crippen molar-refractivity contribution >= 4 is 22.7 Å². The highest BCUT2D eigenvalue weighted by Gasteiger charge is 2.32. The molecule has 1 fully saturated rings. The number of carbonyl (C=O) groups excluding carboxylic acids is 2. The largest absolute Gasteiger partial charge is 0.486 e. The van der Waals surface area contributed by atoms with Crippen molar-refractivity contribution in [3.8, 4) is 5.75 Å². The van der Waals surface area contributed by atoms with Crippen LogP contribution in [0.2, 0.25) is 0 Å². The molecule has 0 radical (unpaired) electrons. The van der Waals surface area contributed by atoms with E-state index in [1.54, 1.807) is 0 Å². The molecule has 1 aliphatic rings. The van der Waals surface area contributed by atoms with Crippen LogP contribution in [-0.4, -0.2) is 42.5 Å². The number of aromatic nitrogens is 1. The summed E-state index contributed by atoms with van der Waals surface area (Å²) in [4.78, 5) is 28.6. The van der Waals surface area contributed by atoms with E-state index in [1.165, 1.54) is 14.0 Å². The van der Waals surface area contributed by atoms with Gasteiger partial charge in [0.2, 0.25) is 0 Å². The number of ketones is 1. The third-order valence-electron chi connectivity index (χ3n) is 4.48. The number of esters is 1. The lowest BCUT2D eigenvalue weighted by Gasteiger charge is -2.19. The Hall–Kier alpha value is -2.47. The van der Waals surface area contributed by atoms with E-state index >= 15 is 0 Å². The first kappa shape index (κ1) is 17.4. The highest BCUT2D eigenvalue weighted by atomic mass is 16.5. The van der Waals surface area contributed by atoms with E-state index in [4.69, 9.17) is 9.47 Å². The molecule has 2 atom stereocenters. The Labute approximate surface area is 146 Å². The molecule has 1 aliphatic heterocycles. The van der Waals surface area contributed by atoms with Gasteiger partial charge in [-0.3, -0.25) is 9.59 Å². The van der Waals surface area contributed by atoms with E-state index in [0.717, 1.165) is 16.5 Å². The molecule has 2 unspecified atom stereocenters. The topological polar surface area (TPSA) is 77.5 Å². The zero-order valence-corrected chi connectivity index (χ0v) is 14.9. The van der Waals surface area contributed by atoms with Crippen LogP contribution < -0.4 is 10.1 Å². The Morgan fingerprint density at radius 2 is 2.04 bits per heavy atom. The summed E-state index contributed by atoms with van der Waals surface area (Å²) in [5.74, 6) is 0.136. The minimum Gasteiger partial charge on any atom is -0.486 e. The molecule has 2 aromatic rings. The van der Waals surface area contributed by atoms with E-state index in [2.05, 4.69) is 10.3 Å². The number of hydrogen-bond acceptors (Lipinski definition) is 6. The second-order valence-electron chi connectivity index (χ2n) is 6.44. The summed E-state index contributed by atoms with van der Waals surface area (Å²) >= 11 is 0. The van der Waals surface area contributed by atoms with Gasteiger partial charge in [0.05, 0.1) is 23.9 Å². The van der Waals surface area contributed by atoms with Crippen LogP contribution >= 0.6 is 0 Å². The number of fused-ring (bicyclic) bond motifs is 1. The van der Waals surface area contributed by atoms with Gasteiger partial charge in [-0.1, -0.05) is 11.6 Å². The fourth-order valence-electron chi connectivity index (χ4n) is 3.26. The summed E-state index contributed by atoms with van der Waals surface area (Å²) < 4.78 is 10.9. The highest BCUT2D eigenvalue weighted by Crippen LogP contribution is 2.32. The van der Waals surface area contributed by atoms with E-state index in [0.29, 0.717) is 30.0 Å². The van der Waals surface area contributed by atoms with Gasteiger partial charge < -0.3 is 14.8 Å². The van der Waals surface area contributed by atoms with Crippen LogP contribution in [0.25, 0.3) is 10.9 Å². The first-order chi connectivity index (χ1) is 11.9. The molecule has 6 heteroatoms. The third kappa shape index (κ3) is 3.35. The quantitative estimate of drug-likeness (QED) is 0.679. The van der Waals surface area contributed by atoms with Crippen molar-refractivity contribution < 1.29 is 19.1 Å². The average Bonchev–Trinajstić information content (AvgIpc) is 3.03. The number of ether oxygens (including phenoxy) is 2. The summed E-state index contributed by atoms with van der Waals surface area (Å²) in [6, 6.07) is 5.46. The fraction of sp³-hybridized carbons (Fsp3) is 0.421. The molecule has 0 aliphatic carbocycles. The molecule has 25 heavy (non-hydrogen) atoms. The summed E-state index contributed by atoms with van der Waals surface area (Å²) in [5, 5.41) is 3.88. The number of rotatable bonds is 4. The lowest BCUT2D eigenvalue weighted by Crippen LogP contribution is -2.31. The zero-order valence-electron chi connectivity index (χ0n) is 14.9. The molecule has 1 saturated heterocycles. The molecule has 6 nitrogen and oxygen atoms in total. The Balaban J connectivity index is 1.98. The average molecular weight is 342 g/mol. The minimum absolute atomic E-state index is 0.0634. The van der Waals surface area contributed by atoms with E-state index in [9.17, 15) is 9.59 Å². The minimum atomic E-state index is -0.383. The number of hydrogen-bond donors (Lipinski definition) is 1. The smallest absolute Gasteiger partial charge is 0.323 e. The van der Waals surface area contributed by atoms with Gasteiger partial charge in [0, 0.05) is 18.4 Å². The summed E-state index contributed by atoms with van der Waals surface area (Å²) in [6.07, 6.45) is 0.278. The van der Waals surface area contributed by atoms with Crippen LogP contribution in [-0.2, 0) is 9.53 Å². The molecular formula is C19H22N2O4. The van der Waals surface area contributed by atoms with Crippen molar-refractivity contribution in [2.75, 3.05) is 13.7 Å². The van der Waals surface area contributed by atoms with Crippen molar-refractivity contribution in [1.82, 2.24) is 10.3 Å². The second kappa shape index (κ2) is 6.80. The third-order valence-corrected chi connectivity index (χ3v) is 4.48. The number of nitrogens with zero attached hydrogens (tertiary/aromatic N) is 1. The van der Waals surface area contributed by atoms with Gasteiger partial charge in [0.25, 0.3) is 0 Å². The van der Waals surface area contributed by atoms with Crippen LogP contribution in [0.15, 0.2) is 18.2 Å². The van der Waals surface area contributed by atoms with Crippen LogP contribution in [0.5, 0.6) is 5.75 Å². The van der Waals surface area contributed by atoms with Crippen molar-refractivity contribution in [2.24, 2.45) is 0 Å². The van der Waals surface area contributed by atoms with Crippen molar-refractivity contribution in [3.63, 3.8) is 0 Å². The highest BCUT2D eigenvalue weighted by molar-refractivity contribution is 6.09. The Bertz CT molecular complexity index is 847. The molecule has 1 aromatic carbocycles. The van der Waals surface area contributed by atoms with Crippen molar-refractivity contribution in [1.29, 1.82) is 0 Å². The Morgan fingerprint density at radius 3 is 2.72 bits per heavy atom. The van der Waals surface area contributed by atoms with Crippen LogP contribution in [0.4, 0.5) is 0 Å². The monoisotopic (exact) mass is 342 g/mol. The molecular weight excluding hydrogens is 320 g/mol. The predicted octanol–water partition coefficient (Wildman–Crippen LogP) is 2.34. The van der Waals surface area contributed by atoms with Crippen LogP contribution in [0.1, 0.15) is 35.0 Å². The first-order valence-electron chi connectivity index (χ1n) is 8.30. The number of benzene rings is 1. The number of aryl methyl sites for hydroxylation is 2. The fourth-order valence-corrected chi connectivity index (χ4v) is 3.26. The molecule has 1 N–H and O–H groups in total.